The third kappa shape index (κ3) is 8.36. The summed E-state index contributed by atoms with van der Waals surface area (Å²) in [4.78, 5) is 36.7. The number of piperidine rings is 1. The Kier molecular flexibility index (Phi) is 9.19. The lowest BCUT2D eigenvalue weighted by Crippen LogP contribution is -2.53. The molecule has 1 heterocycles. The number of amides is 3. The van der Waals surface area contributed by atoms with Gasteiger partial charge < -0.3 is 30.2 Å². The zero-order valence-corrected chi connectivity index (χ0v) is 14.3. The van der Waals surface area contributed by atoms with Crippen LogP contribution in [0.1, 0.15) is 12.8 Å². The summed E-state index contributed by atoms with van der Waals surface area (Å²) in [5.74, 6) is -0.105. The topological polar surface area (TPSA) is 113 Å². The molecule has 0 bridgehead atoms. The number of likely N-dealkylation sites (tertiary alicyclic amines) is 1. The maximum absolute atomic E-state index is 12.0. The van der Waals surface area contributed by atoms with Crippen molar-refractivity contribution in [1.82, 2.24) is 20.0 Å². The molecule has 0 radical (unpaired) electrons. The lowest BCUT2D eigenvalue weighted by atomic mass is 9.91. The van der Waals surface area contributed by atoms with Crippen molar-refractivity contribution in [3.63, 3.8) is 0 Å². The first-order valence-corrected chi connectivity index (χ1v) is 7.33. The van der Waals surface area contributed by atoms with E-state index in [1.165, 1.54) is 4.90 Å². The van der Waals surface area contributed by atoms with Crippen molar-refractivity contribution in [2.24, 2.45) is 0 Å². The summed E-state index contributed by atoms with van der Waals surface area (Å²) in [5, 5.41) is 19.8. The molecule has 1 aliphatic rings. The van der Waals surface area contributed by atoms with Gasteiger partial charge in [-0.1, -0.05) is 0 Å². The van der Waals surface area contributed by atoms with E-state index in [4.69, 9.17) is 9.90 Å². The maximum Gasteiger partial charge on any atom is 0.317 e. The smallest absolute Gasteiger partial charge is 0.317 e. The van der Waals surface area contributed by atoms with Crippen LogP contribution in [-0.2, 0) is 9.59 Å². The van der Waals surface area contributed by atoms with Crippen LogP contribution in [0.4, 0.5) is 4.79 Å². The van der Waals surface area contributed by atoms with Gasteiger partial charge >= 0.3 is 6.03 Å². The maximum atomic E-state index is 12.0. The Bertz CT molecular complexity index is 393. The number of urea groups is 1. The second-order valence-electron chi connectivity index (χ2n) is 6.00. The van der Waals surface area contributed by atoms with Crippen molar-refractivity contribution >= 4 is 18.4 Å². The van der Waals surface area contributed by atoms with Crippen LogP contribution in [0.25, 0.3) is 0 Å². The number of aliphatic hydroxyl groups is 1. The van der Waals surface area contributed by atoms with E-state index >= 15 is 0 Å². The van der Waals surface area contributed by atoms with Gasteiger partial charge in [-0.15, -0.1) is 0 Å². The largest absolute Gasteiger partial charge is 0.483 e. The van der Waals surface area contributed by atoms with E-state index in [0.29, 0.717) is 32.5 Å². The van der Waals surface area contributed by atoms with Gasteiger partial charge in [-0.25, -0.2) is 4.79 Å². The summed E-state index contributed by atoms with van der Waals surface area (Å²) >= 11 is 0. The molecule has 0 spiro atoms. The Morgan fingerprint density at radius 1 is 1.22 bits per heavy atom. The van der Waals surface area contributed by atoms with Crippen LogP contribution in [0.15, 0.2) is 0 Å². The lowest BCUT2D eigenvalue weighted by molar-refractivity contribution is -0.134. The van der Waals surface area contributed by atoms with E-state index in [9.17, 15) is 14.7 Å². The molecule has 3 N–H and O–H groups in total. The fourth-order valence-electron chi connectivity index (χ4n) is 2.34. The van der Waals surface area contributed by atoms with Crippen molar-refractivity contribution in [3.8, 4) is 0 Å². The fourth-order valence-corrected chi connectivity index (χ4v) is 2.34. The van der Waals surface area contributed by atoms with Crippen LogP contribution < -0.4 is 5.32 Å². The van der Waals surface area contributed by atoms with Crippen molar-refractivity contribution in [2.45, 2.75) is 18.4 Å². The first-order chi connectivity index (χ1) is 10.6. The zero-order chi connectivity index (χ0) is 18.0. The van der Waals surface area contributed by atoms with Crippen LogP contribution in [0.5, 0.6) is 0 Å². The second-order valence-corrected chi connectivity index (χ2v) is 6.00. The summed E-state index contributed by atoms with van der Waals surface area (Å²) in [5.41, 5.74) is -0.715. The molecule has 134 valence electrons. The molecule has 9 heteroatoms. The van der Waals surface area contributed by atoms with Crippen LogP contribution >= 0.6 is 0 Å². The Morgan fingerprint density at radius 3 is 2.09 bits per heavy atom. The first-order valence-electron chi connectivity index (χ1n) is 7.33. The van der Waals surface area contributed by atoms with Gasteiger partial charge in [-0.3, -0.25) is 9.59 Å². The quantitative estimate of drug-likeness (QED) is 0.562. The standard InChI is InChI=1S/C13H26N4O3.CH2O2/c1-15(2)10-13(20)5-7-17(8-6-13)11(18)9-14-12(19)16(3)4;2-1-3/h20H,5-10H2,1-4H3,(H,14,19);1H,(H,2,3). The van der Waals surface area contributed by atoms with Gasteiger partial charge in [0.15, 0.2) is 0 Å². The molecule has 1 rings (SSSR count). The molecular weight excluding hydrogens is 304 g/mol. The van der Waals surface area contributed by atoms with Gasteiger partial charge in [0.2, 0.25) is 5.91 Å². The van der Waals surface area contributed by atoms with E-state index < -0.39 is 5.60 Å². The summed E-state index contributed by atoms with van der Waals surface area (Å²) in [6.07, 6.45) is 1.14. The highest BCUT2D eigenvalue weighted by Gasteiger charge is 2.34. The zero-order valence-electron chi connectivity index (χ0n) is 14.3. The van der Waals surface area contributed by atoms with Crippen molar-refractivity contribution in [1.29, 1.82) is 0 Å². The average Bonchev–Trinajstić information content (AvgIpc) is 2.44. The van der Waals surface area contributed by atoms with Gasteiger partial charge in [0.05, 0.1) is 12.1 Å². The number of hydrogen-bond donors (Lipinski definition) is 3. The molecule has 1 saturated heterocycles. The minimum absolute atomic E-state index is 0.00310. The van der Waals surface area contributed by atoms with E-state index in [0.717, 1.165) is 0 Å². The molecule has 0 unspecified atom stereocenters. The molecule has 1 fully saturated rings. The highest BCUT2D eigenvalue weighted by molar-refractivity contribution is 5.83. The highest BCUT2D eigenvalue weighted by Crippen LogP contribution is 2.22. The molecule has 0 saturated carbocycles. The van der Waals surface area contributed by atoms with Crippen molar-refractivity contribution in [3.05, 3.63) is 0 Å². The van der Waals surface area contributed by atoms with E-state index in [1.807, 2.05) is 19.0 Å². The number of carbonyl (C=O) groups excluding carboxylic acids is 2. The Balaban J connectivity index is 0.00000149. The van der Waals surface area contributed by atoms with Gasteiger partial charge in [0, 0.05) is 33.7 Å². The number of rotatable bonds is 4. The van der Waals surface area contributed by atoms with Gasteiger partial charge in [0.1, 0.15) is 0 Å². The lowest BCUT2D eigenvalue weighted by Gasteiger charge is -2.39. The summed E-state index contributed by atoms with van der Waals surface area (Å²) in [7, 11) is 7.10. The summed E-state index contributed by atoms with van der Waals surface area (Å²) < 4.78 is 0. The number of likely N-dealkylation sites (N-methyl/N-ethyl adjacent to an activating group) is 1. The molecular formula is C14H28N4O5. The fraction of sp³-hybridized carbons (Fsp3) is 0.786. The molecule has 0 aromatic heterocycles. The number of carboxylic acid groups (broad SMARTS) is 1. The van der Waals surface area contributed by atoms with Crippen LogP contribution in [0, 0.1) is 0 Å². The molecule has 0 aromatic rings. The normalized spacial score (nSPS) is 16.2. The summed E-state index contributed by atoms with van der Waals surface area (Å²) in [6.45, 7) is 1.41. The third-order valence-electron chi connectivity index (χ3n) is 3.45. The molecule has 0 aliphatic carbocycles. The minimum atomic E-state index is -0.715. The first kappa shape index (κ1) is 21.1. The SMILES string of the molecule is CN(C)CC1(O)CCN(C(=O)CNC(=O)N(C)C)CC1.O=CO. The van der Waals surface area contributed by atoms with E-state index in [-0.39, 0.29) is 25.0 Å². The van der Waals surface area contributed by atoms with Crippen molar-refractivity contribution in [2.75, 3.05) is 54.4 Å². The van der Waals surface area contributed by atoms with Gasteiger partial charge in [-0.05, 0) is 26.9 Å². The van der Waals surface area contributed by atoms with Crippen LogP contribution in [0.3, 0.4) is 0 Å². The minimum Gasteiger partial charge on any atom is -0.483 e. The number of hydrogen-bond acceptors (Lipinski definition) is 5. The predicted molar refractivity (Wildman–Crippen MR) is 85.1 cm³/mol. The number of nitrogens with one attached hydrogen (secondary N) is 1. The molecule has 3 amide bonds. The molecule has 0 atom stereocenters. The molecule has 9 nitrogen and oxygen atoms in total. The predicted octanol–water partition coefficient (Wildman–Crippen LogP) is -1.13. The molecule has 23 heavy (non-hydrogen) atoms. The van der Waals surface area contributed by atoms with Crippen molar-refractivity contribution < 1.29 is 24.6 Å². The van der Waals surface area contributed by atoms with Gasteiger partial charge in [0.25, 0.3) is 6.47 Å². The number of carbonyl (C=O) groups is 3. The monoisotopic (exact) mass is 332 g/mol. The third-order valence-corrected chi connectivity index (χ3v) is 3.45. The van der Waals surface area contributed by atoms with Crippen LogP contribution in [0.2, 0.25) is 0 Å². The number of nitrogens with zero attached hydrogens (tertiary/aromatic N) is 3. The Morgan fingerprint density at radius 2 is 1.70 bits per heavy atom. The van der Waals surface area contributed by atoms with Gasteiger partial charge in [-0.2, -0.15) is 0 Å². The van der Waals surface area contributed by atoms with Crippen LogP contribution in [-0.4, -0.2) is 103 Å². The summed E-state index contributed by atoms with van der Waals surface area (Å²) in [6, 6.07) is -0.278. The highest BCUT2D eigenvalue weighted by atomic mass is 16.3. The second kappa shape index (κ2) is 10.0. The van der Waals surface area contributed by atoms with E-state index in [1.54, 1.807) is 19.0 Å². The Labute approximate surface area is 136 Å². The van der Waals surface area contributed by atoms with E-state index in [2.05, 4.69) is 5.32 Å². The Hall–Kier alpha value is -1.87. The molecule has 0 aromatic carbocycles. The molecule has 1 aliphatic heterocycles. The average molecular weight is 332 g/mol.